The molecule has 0 aromatic heterocycles. The molecule has 0 saturated heterocycles. The van der Waals surface area contributed by atoms with Crippen molar-refractivity contribution in [3.05, 3.63) is 0 Å². The van der Waals surface area contributed by atoms with Crippen LogP contribution in [0.3, 0.4) is 0 Å². The largest absolute Gasteiger partial charge is 0.368 e. The standard InChI is InChI=1S/C7H16O4/c1-5(6(8)9-2)7(10-3)11-4/h5-8H,1-4H3. The highest BCUT2D eigenvalue weighted by Crippen LogP contribution is 2.12. The molecule has 68 valence electrons. The number of aliphatic hydroxyl groups is 1. The first-order valence-electron chi connectivity index (χ1n) is 3.43. The van der Waals surface area contributed by atoms with Gasteiger partial charge >= 0.3 is 0 Å². The second kappa shape index (κ2) is 5.49. The highest BCUT2D eigenvalue weighted by Gasteiger charge is 2.23. The summed E-state index contributed by atoms with van der Waals surface area (Å²) in [5, 5.41) is 9.18. The minimum Gasteiger partial charge on any atom is -0.368 e. The van der Waals surface area contributed by atoms with Gasteiger partial charge in [0.25, 0.3) is 0 Å². The van der Waals surface area contributed by atoms with Crippen LogP contribution in [0.1, 0.15) is 6.92 Å². The zero-order valence-corrected chi connectivity index (χ0v) is 7.40. The highest BCUT2D eigenvalue weighted by molar-refractivity contribution is 4.58. The van der Waals surface area contributed by atoms with E-state index in [9.17, 15) is 5.11 Å². The monoisotopic (exact) mass is 164 g/mol. The molecule has 11 heavy (non-hydrogen) atoms. The lowest BCUT2D eigenvalue weighted by molar-refractivity contribution is -0.206. The SMILES string of the molecule is COC(O)C(C)C(OC)OC. The molecule has 0 saturated carbocycles. The minimum absolute atomic E-state index is 0.199. The van der Waals surface area contributed by atoms with E-state index in [1.807, 2.05) is 0 Å². The van der Waals surface area contributed by atoms with E-state index < -0.39 is 12.6 Å². The lowest BCUT2D eigenvalue weighted by atomic mass is 10.1. The van der Waals surface area contributed by atoms with Crippen molar-refractivity contribution in [2.75, 3.05) is 21.3 Å². The maximum Gasteiger partial charge on any atom is 0.164 e. The topological polar surface area (TPSA) is 47.9 Å². The summed E-state index contributed by atoms with van der Waals surface area (Å²) < 4.78 is 14.5. The molecule has 1 N–H and O–H groups in total. The van der Waals surface area contributed by atoms with Gasteiger partial charge in [0.15, 0.2) is 12.6 Å². The van der Waals surface area contributed by atoms with Crippen LogP contribution >= 0.6 is 0 Å². The number of hydrogen-bond acceptors (Lipinski definition) is 4. The Morgan fingerprint density at radius 1 is 1.00 bits per heavy atom. The molecular formula is C7H16O4. The maximum atomic E-state index is 9.18. The van der Waals surface area contributed by atoms with Crippen LogP contribution in [0.15, 0.2) is 0 Å². The van der Waals surface area contributed by atoms with Gasteiger partial charge in [-0.05, 0) is 0 Å². The van der Waals surface area contributed by atoms with Crippen LogP contribution < -0.4 is 0 Å². The first kappa shape index (κ1) is 10.8. The zero-order chi connectivity index (χ0) is 8.85. The van der Waals surface area contributed by atoms with Gasteiger partial charge in [0.05, 0.1) is 5.92 Å². The highest BCUT2D eigenvalue weighted by atomic mass is 16.7. The Morgan fingerprint density at radius 2 is 1.45 bits per heavy atom. The molecule has 2 atom stereocenters. The first-order chi connectivity index (χ1) is 5.17. The van der Waals surface area contributed by atoms with Crippen molar-refractivity contribution in [1.82, 2.24) is 0 Å². The van der Waals surface area contributed by atoms with E-state index in [0.717, 1.165) is 0 Å². The Morgan fingerprint density at radius 3 is 1.73 bits per heavy atom. The molecule has 0 amide bonds. The molecule has 0 aliphatic carbocycles. The molecule has 0 aliphatic heterocycles. The van der Waals surface area contributed by atoms with Gasteiger partial charge in [-0.1, -0.05) is 6.92 Å². The van der Waals surface area contributed by atoms with Crippen molar-refractivity contribution in [1.29, 1.82) is 0 Å². The smallest absolute Gasteiger partial charge is 0.164 e. The molecular weight excluding hydrogens is 148 g/mol. The van der Waals surface area contributed by atoms with Gasteiger partial charge in [-0.2, -0.15) is 0 Å². The van der Waals surface area contributed by atoms with Gasteiger partial charge in [-0.15, -0.1) is 0 Å². The Balaban J connectivity index is 3.86. The van der Waals surface area contributed by atoms with Crippen molar-refractivity contribution >= 4 is 0 Å². The summed E-state index contributed by atoms with van der Waals surface area (Å²) in [6, 6.07) is 0. The minimum atomic E-state index is -0.847. The summed E-state index contributed by atoms with van der Waals surface area (Å²) in [7, 11) is 4.48. The van der Waals surface area contributed by atoms with Crippen LogP contribution in [0.2, 0.25) is 0 Å². The van der Waals surface area contributed by atoms with Gasteiger partial charge in [-0.3, -0.25) is 0 Å². The molecule has 0 radical (unpaired) electrons. The lowest BCUT2D eigenvalue weighted by Crippen LogP contribution is -2.33. The molecule has 0 rings (SSSR count). The van der Waals surface area contributed by atoms with Gasteiger partial charge < -0.3 is 19.3 Å². The number of methoxy groups -OCH3 is 3. The Hall–Kier alpha value is -0.160. The Kier molecular flexibility index (Phi) is 5.41. The fourth-order valence-electron chi connectivity index (χ4n) is 0.875. The summed E-state index contributed by atoms with van der Waals surface area (Å²) in [6.07, 6.45) is -1.27. The van der Waals surface area contributed by atoms with Crippen LogP contribution in [0.5, 0.6) is 0 Å². The van der Waals surface area contributed by atoms with Crippen molar-refractivity contribution in [3.63, 3.8) is 0 Å². The molecule has 0 aliphatic rings. The molecule has 0 fully saturated rings. The summed E-state index contributed by atoms with van der Waals surface area (Å²) in [6.45, 7) is 1.78. The summed E-state index contributed by atoms with van der Waals surface area (Å²) >= 11 is 0. The first-order valence-corrected chi connectivity index (χ1v) is 3.43. The van der Waals surface area contributed by atoms with Gasteiger partial charge in [0.2, 0.25) is 0 Å². The third kappa shape index (κ3) is 3.16. The Bertz CT molecular complexity index is 92.4. The number of ether oxygens (including phenoxy) is 3. The van der Waals surface area contributed by atoms with Crippen LogP contribution in [-0.4, -0.2) is 39.0 Å². The van der Waals surface area contributed by atoms with Gasteiger partial charge in [-0.25, -0.2) is 0 Å². The van der Waals surface area contributed by atoms with Crippen LogP contribution in [0.25, 0.3) is 0 Å². The normalized spacial score (nSPS) is 16.9. The molecule has 2 unspecified atom stereocenters. The number of hydrogen-bond donors (Lipinski definition) is 1. The molecule has 4 nitrogen and oxygen atoms in total. The Labute approximate surface area is 67.1 Å². The molecule has 0 spiro atoms. The average molecular weight is 164 g/mol. The predicted molar refractivity (Wildman–Crippen MR) is 40.0 cm³/mol. The lowest BCUT2D eigenvalue weighted by Gasteiger charge is -2.24. The summed E-state index contributed by atoms with van der Waals surface area (Å²) in [5.74, 6) is -0.199. The molecule has 0 aromatic rings. The second-order valence-electron chi connectivity index (χ2n) is 2.33. The molecule has 0 heterocycles. The zero-order valence-electron chi connectivity index (χ0n) is 7.40. The van der Waals surface area contributed by atoms with Crippen molar-refractivity contribution in [2.24, 2.45) is 5.92 Å². The molecule has 0 bridgehead atoms. The van der Waals surface area contributed by atoms with E-state index in [1.54, 1.807) is 6.92 Å². The van der Waals surface area contributed by atoms with E-state index in [2.05, 4.69) is 0 Å². The number of rotatable bonds is 5. The molecule has 4 heteroatoms. The third-order valence-electron chi connectivity index (χ3n) is 1.59. The van der Waals surface area contributed by atoms with Crippen LogP contribution in [0, 0.1) is 5.92 Å². The van der Waals surface area contributed by atoms with E-state index in [-0.39, 0.29) is 5.92 Å². The molecule has 0 aromatic carbocycles. The fraction of sp³-hybridized carbons (Fsp3) is 1.00. The van der Waals surface area contributed by atoms with Crippen molar-refractivity contribution < 1.29 is 19.3 Å². The average Bonchev–Trinajstić information content (AvgIpc) is 2.05. The van der Waals surface area contributed by atoms with Crippen LogP contribution in [0.4, 0.5) is 0 Å². The predicted octanol–water partition coefficient (Wildman–Crippen LogP) is 0.206. The quantitative estimate of drug-likeness (QED) is 0.590. The number of aliphatic hydroxyl groups excluding tert-OH is 1. The van der Waals surface area contributed by atoms with E-state index >= 15 is 0 Å². The third-order valence-corrected chi connectivity index (χ3v) is 1.59. The van der Waals surface area contributed by atoms with Crippen molar-refractivity contribution in [3.8, 4) is 0 Å². The van der Waals surface area contributed by atoms with Crippen molar-refractivity contribution in [2.45, 2.75) is 19.5 Å². The van der Waals surface area contributed by atoms with E-state index in [4.69, 9.17) is 14.2 Å². The van der Waals surface area contributed by atoms with Crippen LogP contribution in [-0.2, 0) is 14.2 Å². The van der Waals surface area contributed by atoms with E-state index in [1.165, 1.54) is 21.3 Å². The van der Waals surface area contributed by atoms with Gasteiger partial charge in [0, 0.05) is 21.3 Å². The van der Waals surface area contributed by atoms with E-state index in [0.29, 0.717) is 0 Å². The maximum absolute atomic E-state index is 9.18. The fourth-order valence-corrected chi connectivity index (χ4v) is 0.875. The summed E-state index contributed by atoms with van der Waals surface area (Å²) in [5.41, 5.74) is 0. The summed E-state index contributed by atoms with van der Waals surface area (Å²) in [4.78, 5) is 0. The van der Waals surface area contributed by atoms with Gasteiger partial charge in [0.1, 0.15) is 0 Å². The second-order valence-corrected chi connectivity index (χ2v) is 2.33.